The lowest BCUT2D eigenvalue weighted by molar-refractivity contribution is 0.669. The van der Waals surface area contributed by atoms with Crippen LogP contribution in [0.5, 0.6) is 0 Å². The molecule has 2 aromatic heterocycles. The Balaban J connectivity index is 2.57. The monoisotopic (exact) mass is 175 g/mol. The van der Waals surface area contributed by atoms with E-state index in [0.717, 1.165) is 17.9 Å². The highest BCUT2D eigenvalue weighted by molar-refractivity contribution is 5.37. The van der Waals surface area contributed by atoms with Crippen molar-refractivity contribution in [1.29, 1.82) is 0 Å². The second-order valence-corrected chi connectivity index (χ2v) is 3.30. The lowest BCUT2D eigenvalue weighted by Gasteiger charge is -2.04. The molecule has 0 aromatic carbocycles. The molecule has 2 aromatic rings. The first-order valence-corrected chi connectivity index (χ1v) is 4.62. The minimum absolute atomic E-state index is 0.470. The lowest BCUT2D eigenvalue weighted by atomic mass is 10.1. The number of hydrogen-bond acceptors (Lipinski definition) is 2. The van der Waals surface area contributed by atoms with Gasteiger partial charge in [0.1, 0.15) is 5.82 Å². The fraction of sp³-hybridized carbons (Fsp3) is 0.400. The van der Waals surface area contributed by atoms with Crippen LogP contribution in [-0.2, 0) is 0 Å². The third-order valence-corrected chi connectivity index (χ3v) is 2.39. The smallest absolute Gasteiger partial charge is 0.160 e. The molecule has 13 heavy (non-hydrogen) atoms. The van der Waals surface area contributed by atoms with Crippen LogP contribution in [0.2, 0.25) is 0 Å². The van der Waals surface area contributed by atoms with Gasteiger partial charge in [-0.2, -0.15) is 0 Å². The summed E-state index contributed by atoms with van der Waals surface area (Å²) in [4.78, 5) is 0. The predicted octanol–water partition coefficient (Wildman–Crippen LogP) is 2.24. The molecule has 0 amide bonds. The van der Waals surface area contributed by atoms with E-state index in [9.17, 15) is 0 Å². The molecule has 1 unspecified atom stereocenters. The molecular weight excluding hydrogens is 162 g/mol. The molecule has 0 fully saturated rings. The van der Waals surface area contributed by atoms with Crippen LogP contribution in [0.25, 0.3) is 5.65 Å². The molecule has 3 heteroatoms. The van der Waals surface area contributed by atoms with Gasteiger partial charge < -0.3 is 0 Å². The lowest BCUT2D eigenvalue weighted by Crippen LogP contribution is -1.98. The van der Waals surface area contributed by atoms with Crippen molar-refractivity contribution in [2.75, 3.05) is 0 Å². The van der Waals surface area contributed by atoms with E-state index >= 15 is 0 Å². The van der Waals surface area contributed by atoms with Crippen molar-refractivity contribution in [3.8, 4) is 0 Å². The van der Waals surface area contributed by atoms with E-state index in [1.165, 1.54) is 0 Å². The van der Waals surface area contributed by atoms with Crippen molar-refractivity contribution in [2.24, 2.45) is 0 Å². The Morgan fingerprint density at radius 1 is 1.38 bits per heavy atom. The second-order valence-electron chi connectivity index (χ2n) is 3.30. The molecular formula is C10H13N3. The summed E-state index contributed by atoms with van der Waals surface area (Å²) in [6.07, 6.45) is 3.10. The molecule has 0 radical (unpaired) electrons. The fourth-order valence-corrected chi connectivity index (χ4v) is 1.38. The molecule has 0 bridgehead atoms. The third-order valence-electron chi connectivity index (χ3n) is 2.39. The number of aromatic nitrogens is 3. The van der Waals surface area contributed by atoms with Gasteiger partial charge in [-0.15, -0.1) is 10.2 Å². The summed E-state index contributed by atoms with van der Waals surface area (Å²) in [5.41, 5.74) is 0.929. The van der Waals surface area contributed by atoms with Crippen molar-refractivity contribution in [3.63, 3.8) is 0 Å². The van der Waals surface area contributed by atoms with E-state index in [-0.39, 0.29) is 0 Å². The average Bonchev–Trinajstić information content (AvgIpc) is 2.60. The van der Waals surface area contributed by atoms with Gasteiger partial charge in [-0.3, -0.25) is 4.40 Å². The van der Waals surface area contributed by atoms with Crippen LogP contribution in [-0.4, -0.2) is 14.6 Å². The summed E-state index contributed by atoms with van der Waals surface area (Å²) in [5, 5.41) is 8.28. The van der Waals surface area contributed by atoms with E-state index in [4.69, 9.17) is 0 Å². The van der Waals surface area contributed by atoms with E-state index in [0.29, 0.717) is 5.92 Å². The minimum atomic E-state index is 0.470. The van der Waals surface area contributed by atoms with Crippen molar-refractivity contribution < 1.29 is 0 Å². The maximum absolute atomic E-state index is 4.18. The van der Waals surface area contributed by atoms with Gasteiger partial charge in [-0.1, -0.05) is 19.9 Å². The Kier molecular flexibility index (Phi) is 2.00. The highest BCUT2D eigenvalue weighted by Crippen LogP contribution is 2.16. The van der Waals surface area contributed by atoms with Crippen molar-refractivity contribution in [3.05, 3.63) is 30.2 Å². The summed E-state index contributed by atoms with van der Waals surface area (Å²) in [7, 11) is 0. The van der Waals surface area contributed by atoms with Gasteiger partial charge in [0.15, 0.2) is 5.65 Å². The first kappa shape index (κ1) is 8.23. The molecule has 1 atom stereocenters. The van der Waals surface area contributed by atoms with E-state index in [2.05, 4.69) is 24.0 Å². The normalized spacial score (nSPS) is 13.4. The Bertz CT molecular complexity index is 405. The topological polar surface area (TPSA) is 30.2 Å². The Labute approximate surface area is 77.4 Å². The molecule has 2 heterocycles. The number of rotatable bonds is 2. The quantitative estimate of drug-likeness (QED) is 0.700. The molecule has 0 N–H and O–H groups in total. The zero-order chi connectivity index (χ0) is 9.26. The standard InChI is InChI=1S/C10H13N3/c1-3-8(2)10-12-11-9-6-4-5-7-13(9)10/h4-8H,3H2,1-2H3. The molecule has 0 aliphatic heterocycles. The van der Waals surface area contributed by atoms with Crippen LogP contribution in [0.1, 0.15) is 32.0 Å². The van der Waals surface area contributed by atoms with Gasteiger partial charge in [0.05, 0.1) is 0 Å². The first-order chi connectivity index (χ1) is 6.33. The number of nitrogens with zero attached hydrogens (tertiary/aromatic N) is 3. The zero-order valence-electron chi connectivity index (χ0n) is 7.94. The zero-order valence-corrected chi connectivity index (χ0v) is 7.94. The largest absolute Gasteiger partial charge is 0.286 e. The molecule has 68 valence electrons. The summed E-state index contributed by atoms with van der Waals surface area (Å²) in [6, 6.07) is 5.95. The van der Waals surface area contributed by atoms with E-state index in [1.807, 2.05) is 28.8 Å². The van der Waals surface area contributed by atoms with Crippen LogP contribution in [0.3, 0.4) is 0 Å². The van der Waals surface area contributed by atoms with Crippen LogP contribution in [0.4, 0.5) is 0 Å². The van der Waals surface area contributed by atoms with Gasteiger partial charge in [-0.25, -0.2) is 0 Å². The summed E-state index contributed by atoms with van der Waals surface area (Å²) in [6.45, 7) is 4.33. The van der Waals surface area contributed by atoms with Crippen LogP contribution in [0, 0.1) is 0 Å². The van der Waals surface area contributed by atoms with Crippen molar-refractivity contribution in [2.45, 2.75) is 26.2 Å². The number of hydrogen-bond donors (Lipinski definition) is 0. The van der Waals surface area contributed by atoms with Crippen molar-refractivity contribution >= 4 is 5.65 Å². The summed E-state index contributed by atoms with van der Waals surface area (Å²) < 4.78 is 2.05. The predicted molar refractivity (Wildman–Crippen MR) is 51.7 cm³/mol. The van der Waals surface area contributed by atoms with Gasteiger partial charge in [0, 0.05) is 12.1 Å². The maximum Gasteiger partial charge on any atom is 0.160 e. The fourth-order valence-electron chi connectivity index (χ4n) is 1.38. The second kappa shape index (κ2) is 3.17. The average molecular weight is 175 g/mol. The highest BCUT2D eigenvalue weighted by atomic mass is 15.2. The Hall–Kier alpha value is -1.38. The molecule has 0 saturated heterocycles. The molecule has 2 rings (SSSR count). The van der Waals surface area contributed by atoms with E-state index < -0.39 is 0 Å². The minimum Gasteiger partial charge on any atom is -0.286 e. The number of pyridine rings is 1. The molecule has 0 saturated carbocycles. The van der Waals surface area contributed by atoms with Gasteiger partial charge in [-0.05, 0) is 18.6 Å². The Morgan fingerprint density at radius 2 is 2.23 bits per heavy atom. The highest BCUT2D eigenvalue weighted by Gasteiger charge is 2.10. The van der Waals surface area contributed by atoms with Crippen LogP contribution < -0.4 is 0 Å². The molecule has 3 nitrogen and oxygen atoms in total. The third kappa shape index (κ3) is 1.30. The molecule has 0 aliphatic carbocycles. The Morgan fingerprint density at radius 3 is 3.00 bits per heavy atom. The number of fused-ring (bicyclic) bond motifs is 1. The van der Waals surface area contributed by atoms with Crippen LogP contribution >= 0.6 is 0 Å². The first-order valence-electron chi connectivity index (χ1n) is 4.62. The summed E-state index contributed by atoms with van der Waals surface area (Å²) >= 11 is 0. The van der Waals surface area contributed by atoms with Crippen LogP contribution in [0.15, 0.2) is 24.4 Å². The van der Waals surface area contributed by atoms with E-state index in [1.54, 1.807) is 0 Å². The molecule has 0 aliphatic rings. The summed E-state index contributed by atoms with van der Waals surface area (Å²) in [5.74, 6) is 1.52. The van der Waals surface area contributed by atoms with Crippen molar-refractivity contribution in [1.82, 2.24) is 14.6 Å². The van der Waals surface area contributed by atoms with Gasteiger partial charge in [0.25, 0.3) is 0 Å². The maximum atomic E-state index is 4.18. The van der Waals surface area contributed by atoms with Gasteiger partial charge in [0.2, 0.25) is 0 Å². The SMILES string of the molecule is CCC(C)c1nnc2ccccn12. The molecule has 0 spiro atoms. The van der Waals surface area contributed by atoms with Gasteiger partial charge >= 0.3 is 0 Å².